The number of rotatable bonds is 4. The Balaban J connectivity index is 2.55. The van der Waals surface area contributed by atoms with Crippen LogP contribution in [0.2, 0.25) is 0 Å². The highest BCUT2D eigenvalue weighted by molar-refractivity contribution is 5.65. The molecule has 0 fully saturated rings. The van der Waals surface area contributed by atoms with Gasteiger partial charge in [-0.3, -0.25) is 0 Å². The molecule has 2 aromatic carbocycles. The zero-order valence-corrected chi connectivity index (χ0v) is 12.6. The van der Waals surface area contributed by atoms with E-state index in [2.05, 4.69) is 0 Å². The van der Waals surface area contributed by atoms with E-state index in [1.807, 2.05) is 13.8 Å². The van der Waals surface area contributed by atoms with E-state index in [-0.39, 0.29) is 11.5 Å². The highest BCUT2D eigenvalue weighted by atomic mass is 16.7. The molecule has 0 saturated heterocycles. The van der Waals surface area contributed by atoms with Gasteiger partial charge in [0.05, 0.1) is 0 Å². The Bertz CT molecular complexity index is 674. The summed E-state index contributed by atoms with van der Waals surface area (Å²) in [5.74, 6) is 0.380. The van der Waals surface area contributed by atoms with Gasteiger partial charge in [-0.15, -0.1) is 0 Å². The molecule has 6 heteroatoms. The van der Waals surface area contributed by atoms with Crippen LogP contribution < -0.4 is 9.47 Å². The summed E-state index contributed by atoms with van der Waals surface area (Å²) in [7, 11) is 0. The largest absolute Gasteiger partial charge is 0.511 e. The second-order valence-corrected chi connectivity index (χ2v) is 5.35. The Morgan fingerprint density at radius 2 is 1.13 bits per heavy atom. The molecular formula is C17H16O6. The first-order chi connectivity index (χ1) is 10.8. The summed E-state index contributed by atoms with van der Waals surface area (Å²) in [5, 5.41) is 17.8. The molecule has 0 radical (unpaired) electrons. The molecule has 0 aliphatic carbocycles. The van der Waals surface area contributed by atoms with Crippen molar-refractivity contribution >= 4 is 12.3 Å². The van der Waals surface area contributed by atoms with Crippen LogP contribution in [0.15, 0.2) is 48.5 Å². The third-order valence-corrected chi connectivity index (χ3v) is 3.52. The Hall–Kier alpha value is -3.02. The minimum Gasteiger partial charge on any atom is -0.449 e. The molecule has 2 N–H and O–H groups in total. The topological polar surface area (TPSA) is 93.1 Å². The molecule has 0 bridgehead atoms. The molecule has 0 spiro atoms. The van der Waals surface area contributed by atoms with E-state index in [0.29, 0.717) is 11.1 Å². The standard InChI is InChI=1S/C17H16O6/c1-17(2,11-7-3-5-9-13(11)22-15(18)19)12-8-4-6-10-14(12)23-16(20)21/h3-10H,1-2H3,(H,18,19)(H,20,21). The van der Waals surface area contributed by atoms with Gasteiger partial charge >= 0.3 is 12.3 Å². The zero-order valence-electron chi connectivity index (χ0n) is 12.6. The maximum Gasteiger partial charge on any atom is 0.511 e. The number of hydrogen-bond donors (Lipinski definition) is 2. The van der Waals surface area contributed by atoms with Crippen molar-refractivity contribution in [3.8, 4) is 11.5 Å². The van der Waals surface area contributed by atoms with Crippen LogP contribution in [0.3, 0.4) is 0 Å². The Morgan fingerprint density at radius 1 is 0.783 bits per heavy atom. The zero-order chi connectivity index (χ0) is 17.0. The summed E-state index contributed by atoms with van der Waals surface area (Å²) in [4.78, 5) is 21.7. The van der Waals surface area contributed by atoms with Gasteiger partial charge in [0, 0.05) is 16.5 Å². The van der Waals surface area contributed by atoms with Gasteiger partial charge < -0.3 is 19.7 Å². The van der Waals surface area contributed by atoms with E-state index in [9.17, 15) is 9.59 Å². The van der Waals surface area contributed by atoms with E-state index in [1.165, 1.54) is 0 Å². The van der Waals surface area contributed by atoms with Crippen molar-refractivity contribution in [3.05, 3.63) is 59.7 Å². The second-order valence-electron chi connectivity index (χ2n) is 5.35. The number of hydrogen-bond acceptors (Lipinski definition) is 4. The molecule has 0 unspecified atom stereocenters. The minimum atomic E-state index is -1.41. The number of carbonyl (C=O) groups is 2. The molecular weight excluding hydrogens is 300 g/mol. The van der Waals surface area contributed by atoms with Crippen LogP contribution in [0.25, 0.3) is 0 Å². The molecule has 0 amide bonds. The van der Waals surface area contributed by atoms with E-state index in [0.717, 1.165) is 0 Å². The molecule has 0 aliphatic heterocycles. The van der Waals surface area contributed by atoms with Crippen molar-refractivity contribution < 1.29 is 29.3 Å². The van der Waals surface area contributed by atoms with Crippen LogP contribution in [-0.2, 0) is 5.41 Å². The van der Waals surface area contributed by atoms with Crippen LogP contribution in [0.1, 0.15) is 25.0 Å². The number of para-hydroxylation sites is 2. The molecule has 0 atom stereocenters. The summed E-state index contributed by atoms with van der Waals surface area (Å²) >= 11 is 0. The number of benzene rings is 2. The fraction of sp³-hybridized carbons (Fsp3) is 0.176. The van der Waals surface area contributed by atoms with Gasteiger partial charge in [-0.05, 0) is 12.1 Å². The van der Waals surface area contributed by atoms with Gasteiger partial charge in [0.1, 0.15) is 11.5 Å². The average molecular weight is 316 g/mol. The van der Waals surface area contributed by atoms with Crippen molar-refractivity contribution in [3.63, 3.8) is 0 Å². The van der Waals surface area contributed by atoms with E-state index in [4.69, 9.17) is 19.7 Å². The third-order valence-electron chi connectivity index (χ3n) is 3.52. The normalized spacial score (nSPS) is 10.9. The van der Waals surface area contributed by atoms with E-state index >= 15 is 0 Å². The molecule has 6 nitrogen and oxygen atoms in total. The van der Waals surface area contributed by atoms with Crippen molar-refractivity contribution in [2.75, 3.05) is 0 Å². The second kappa shape index (κ2) is 6.39. The lowest BCUT2D eigenvalue weighted by Crippen LogP contribution is -2.22. The lowest BCUT2D eigenvalue weighted by Gasteiger charge is -2.28. The third kappa shape index (κ3) is 3.60. The summed E-state index contributed by atoms with van der Waals surface area (Å²) in [6, 6.07) is 13.4. The van der Waals surface area contributed by atoms with Crippen LogP contribution >= 0.6 is 0 Å². The summed E-state index contributed by atoms with van der Waals surface area (Å²) < 4.78 is 9.67. The Morgan fingerprint density at radius 3 is 1.48 bits per heavy atom. The van der Waals surface area contributed by atoms with Crippen LogP contribution in [0.4, 0.5) is 9.59 Å². The molecule has 0 aliphatic rings. The van der Waals surface area contributed by atoms with Crippen molar-refractivity contribution in [1.82, 2.24) is 0 Å². The highest BCUT2D eigenvalue weighted by Gasteiger charge is 2.30. The molecule has 0 saturated carbocycles. The van der Waals surface area contributed by atoms with Gasteiger partial charge in [0.15, 0.2) is 0 Å². The fourth-order valence-corrected chi connectivity index (χ4v) is 2.48. The van der Waals surface area contributed by atoms with Gasteiger partial charge in [-0.25, -0.2) is 9.59 Å². The molecule has 2 rings (SSSR count). The molecule has 0 heterocycles. The first kappa shape index (κ1) is 16.4. The molecule has 23 heavy (non-hydrogen) atoms. The fourth-order valence-electron chi connectivity index (χ4n) is 2.48. The monoisotopic (exact) mass is 316 g/mol. The maximum atomic E-state index is 10.9. The minimum absolute atomic E-state index is 0.190. The lowest BCUT2D eigenvalue weighted by molar-refractivity contribution is 0.143. The quantitative estimate of drug-likeness (QED) is 0.651. The van der Waals surface area contributed by atoms with Crippen molar-refractivity contribution in [2.24, 2.45) is 0 Å². The van der Waals surface area contributed by atoms with Crippen LogP contribution in [0.5, 0.6) is 11.5 Å². The molecule has 120 valence electrons. The van der Waals surface area contributed by atoms with Crippen molar-refractivity contribution in [2.45, 2.75) is 19.3 Å². The molecule has 2 aromatic rings. The number of carboxylic acid groups (broad SMARTS) is 2. The highest BCUT2D eigenvalue weighted by Crippen LogP contribution is 2.41. The van der Waals surface area contributed by atoms with Gasteiger partial charge in [0.2, 0.25) is 0 Å². The predicted octanol–water partition coefficient (Wildman–Crippen LogP) is 4.13. The summed E-state index contributed by atoms with van der Waals surface area (Å²) in [6.45, 7) is 3.67. The van der Waals surface area contributed by atoms with Crippen LogP contribution in [0, 0.1) is 0 Å². The smallest absolute Gasteiger partial charge is 0.449 e. The predicted molar refractivity (Wildman–Crippen MR) is 82.3 cm³/mol. The van der Waals surface area contributed by atoms with E-state index in [1.54, 1.807) is 48.5 Å². The SMILES string of the molecule is CC(C)(c1ccccc1OC(=O)O)c1ccccc1OC(=O)O. The summed E-state index contributed by atoms with van der Waals surface area (Å²) in [6.07, 6.45) is -2.83. The van der Waals surface area contributed by atoms with Gasteiger partial charge in [-0.2, -0.15) is 0 Å². The lowest BCUT2D eigenvalue weighted by atomic mass is 9.77. The van der Waals surface area contributed by atoms with Gasteiger partial charge in [-0.1, -0.05) is 50.2 Å². The number of ether oxygens (including phenoxy) is 2. The van der Waals surface area contributed by atoms with E-state index < -0.39 is 17.7 Å². The molecule has 0 aromatic heterocycles. The van der Waals surface area contributed by atoms with Crippen LogP contribution in [-0.4, -0.2) is 22.5 Å². The van der Waals surface area contributed by atoms with Gasteiger partial charge in [0.25, 0.3) is 0 Å². The Kier molecular flexibility index (Phi) is 4.55. The summed E-state index contributed by atoms with van der Waals surface area (Å²) in [5.41, 5.74) is 0.464. The Labute approximate surface area is 132 Å². The first-order valence-corrected chi connectivity index (χ1v) is 6.83. The van der Waals surface area contributed by atoms with Crippen molar-refractivity contribution in [1.29, 1.82) is 0 Å². The first-order valence-electron chi connectivity index (χ1n) is 6.83. The maximum absolute atomic E-state index is 10.9. The average Bonchev–Trinajstić information content (AvgIpc) is 2.46.